The van der Waals surface area contributed by atoms with Crippen LogP contribution in [-0.4, -0.2) is 32.5 Å². The molecule has 0 aliphatic rings. The molecule has 0 saturated heterocycles. The second-order valence-corrected chi connectivity index (χ2v) is 8.28. The molecule has 0 fully saturated rings. The molecule has 31 heavy (non-hydrogen) atoms. The minimum Gasteiger partial charge on any atom is -0.494 e. The third-order valence-corrected chi connectivity index (χ3v) is 5.67. The number of nitrogens with two attached hydrogens (primary N) is 1. The van der Waals surface area contributed by atoms with Crippen molar-refractivity contribution in [3.8, 4) is 17.0 Å². The Bertz CT molecular complexity index is 1200. The molecule has 2 aromatic carbocycles. The van der Waals surface area contributed by atoms with Crippen molar-refractivity contribution in [1.29, 1.82) is 0 Å². The molecule has 0 atom stereocenters. The minimum atomic E-state index is -3.88. The number of hydrogen-bond acceptors (Lipinski definition) is 7. The van der Waals surface area contributed by atoms with Gasteiger partial charge in [-0.1, -0.05) is 13.3 Å². The molecule has 3 aromatic rings. The maximum Gasteiger partial charge on any atom is 0.238 e. The number of primary sulfonamides is 1. The van der Waals surface area contributed by atoms with Gasteiger partial charge in [-0.15, -0.1) is 0 Å². The Morgan fingerprint density at radius 2 is 1.97 bits per heavy atom. The molecule has 3 rings (SSSR count). The summed E-state index contributed by atoms with van der Waals surface area (Å²) >= 11 is 0. The van der Waals surface area contributed by atoms with Crippen molar-refractivity contribution in [1.82, 2.24) is 9.97 Å². The third-order valence-electron chi connectivity index (χ3n) is 4.68. The molecular formula is C21H24FN5O3S. The van der Waals surface area contributed by atoms with E-state index in [9.17, 15) is 12.8 Å². The number of nitrogens with zero attached hydrogens (tertiary/aromatic N) is 2. The molecule has 10 heteroatoms. The lowest BCUT2D eigenvalue weighted by molar-refractivity contribution is 0.386. The zero-order valence-corrected chi connectivity index (χ0v) is 18.3. The summed E-state index contributed by atoms with van der Waals surface area (Å²) in [7, 11) is -0.776. The highest BCUT2D eigenvalue weighted by molar-refractivity contribution is 7.89. The van der Waals surface area contributed by atoms with Gasteiger partial charge in [-0.3, -0.25) is 0 Å². The zero-order valence-electron chi connectivity index (χ0n) is 17.4. The topological polar surface area (TPSA) is 119 Å². The quantitative estimate of drug-likeness (QED) is 0.484. The van der Waals surface area contributed by atoms with Gasteiger partial charge in [0.25, 0.3) is 0 Å². The van der Waals surface area contributed by atoms with Crippen molar-refractivity contribution < 1.29 is 17.5 Å². The molecule has 0 bridgehead atoms. The standard InChI is InChI=1S/C21H24FN5O3S/c1-4-5-14-19(31(23,28)29)9-7-17(20(14)24-2)27-21-25-11-10-16(26-21)13-6-8-18(30-3)15(22)12-13/h6-12,24H,4-5H2,1-3H3,(H2,23,28,29)(H,25,26,27). The molecule has 0 unspecified atom stereocenters. The number of rotatable bonds is 8. The second-order valence-electron chi connectivity index (χ2n) is 6.75. The molecule has 0 amide bonds. The summed E-state index contributed by atoms with van der Waals surface area (Å²) in [4.78, 5) is 8.76. The molecule has 0 radical (unpaired) electrons. The number of aromatic nitrogens is 2. The SMILES string of the molecule is CCCc1c(S(N)(=O)=O)ccc(Nc2nccc(-c3ccc(OC)c(F)c3)n2)c1NC. The Labute approximate surface area is 180 Å². The van der Waals surface area contributed by atoms with Crippen LogP contribution in [-0.2, 0) is 16.4 Å². The fraction of sp³-hybridized carbons (Fsp3) is 0.238. The highest BCUT2D eigenvalue weighted by Gasteiger charge is 2.19. The first-order valence-corrected chi connectivity index (χ1v) is 11.1. The second kappa shape index (κ2) is 9.27. The highest BCUT2D eigenvalue weighted by atomic mass is 32.2. The van der Waals surface area contributed by atoms with Gasteiger partial charge in [-0.25, -0.2) is 27.9 Å². The van der Waals surface area contributed by atoms with E-state index in [0.717, 1.165) is 6.42 Å². The van der Waals surface area contributed by atoms with Crippen molar-refractivity contribution in [2.24, 2.45) is 5.14 Å². The number of hydrogen-bond donors (Lipinski definition) is 3. The molecule has 1 heterocycles. The number of benzene rings is 2. The first-order chi connectivity index (χ1) is 14.8. The Morgan fingerprint density at radius 3 is 2.58 bits per heavy atom. The number of anilines is 3. The summed E-state index contributed by atoms with van der Waals surface area (Å²) in [6.45, 7) is 1.95. The summed E-state index contributed by atoms with van der Waals surface area (Å²) < 4.78 is 43.0. The monoisotopic (exact) mass is 445 g/mol. The van der Waals surface area contributed by atoms with Gasteiger partial charge >= 0.3 is 0 Å². The Morgan fingerprint density at radius 1 is 1.19 bits per heavy atom. The van der Waals surface area contributed by atoms with Gasteiger partial charge in [-0.2, -0.15) is 0 Å². The predicted molar refractivity (Wildman–Crippen MR) is 119 cm³/mol. The van der Waals surface area contributed by atoms with Crippen molar-refractivity contribution in [3.63, 3.8) is 0 Å². The largest absolute Gasteiger partial charge is 0.494 e. The zero-order chi connectivity index (χ0) is 22.6. The predicted octanol–water partition coefficient (Wildman–Crippen LogP) is 3.68. The number of nitrogens with one attached hydrogen (secondary N) is 2. The molecule has 1 aromatic heterocycles. The van der Waals surface area contributed by atoms with Gasteiger partial charge in [0.05, 0.1) is 29.1 Å². The van der Waals surface area contributed by atoms with E-state index in [4.69, 9.17) is 9.88 Å². The maximum absolute atomic E-state index is 14.1. The van der Waals surface area contributed by atoms with E-state index in [1.807, 2.05) is 6.92 Å². The van der Waals surface area contributed by atoms with Gasteiger partial charge in [-0.05, 0) is 48.4 Å². The molecule has 4 N–H and O–H groups in total. The van der Waals surface area contributed by atoms with Crippen LogP contribution in [0, 0.1) is 5.82 Å². The van der Waals surface area contributed by atoms with E-state index in [1.54, 1.807) is 31.4 Å². The third kappa shape index (κ3) is 4.92. The average molecular weight is 446 g/mol. The lowest BCUT2D eigenvalue weighted by Gasteiger charge is -2.18. The van der Waals surface area contributed by atoms with Crippen LogP contribution < -0.4 is 20.5 Å². The summed E-state index contributed by atoms with van der Waals surface area (Å²) in [5.74, 6) is -0.0716. The van der Waals surface area contributed by atoms with Crippen LogP contribution in [0.1, 0.15) is 18.9 Å². The Kier molecular flexibility index (Phi) is 6.71. The number of ether oxygens (including phenoxy) is 1. The van der Waals surface area contributed by atoms with Crippen LogP contribution >= 0.6 is 0 Å². The summed E-state index contributed by atoms with van der Waals surface area (Å²) in [6, 6.07) is 9.30. The van der Waals surface area contributed by atoms with E-state index in [2.05, 4.69) is 20.6 Å². The molecule has 0 spiro atoms. The summed E-state index contributed by atoms with van der Waals surface area (Å²) in [6.07, 6.45) is 2.80. The van der Waals surface area contributed by atoms with E-state index in [-0.39, 0.29) is 16.6 Å². The number of halogens is 1. The molecule has 0 aliphatic carbocycles. The average Bonchev–Trinajstić information content (AvgIpc) is 2.73. The minimum absolute atomic E-state index is 0.0765. The molecule has 0 saturated carbocycles. The normalized spacial score (nSPS) is 11.3. The molecule has 0 aliphatic heterocycles. The van der Waals surface area contributed by atoms with Crippen LogP contribution in [0.2, 0.25) is 0 Å². The number of methoxy groups -OCH3 is 1. The van der Waals surface area contributed by atoms with Gasteiger partial charge in [0.15, 0.2) is 11.6 Å². The van der Waals surface area contributed by atoms with Gasteiger partial charge in [0, 0.05) is 18.8 Å². The summed E-state index contributed by atoms with van der Waals surface area (Å²) in [5, 5.41) is 11.5. The number of sulfonamides is 1. The first-order valence-electron chi connectivity index (χ1n) is 9.58. The lowest BCUT2D eigenvalue weighted by atomic mass is 10.1. The molecular weight excluding hydrogens is 421 g/mol. The first kappa shape index (κ1) is 22.4. The lowest BCUT2D eigenvalue weighted by Crippen LogP contribution is -2.16. The summed E-state index contributed by atoms with van der Waals surface area (Å²) in [5.41, 5.74) is 2.86. The fourth-order valence-electron chi connectivity index (χ4n) is 3.31. The van der Waals surface area contributed by atoms with Crippen LogP contribution in [0.15, 0.2) is 47.5 Å². The van der Waals surface area contributed by atoms with E-state index in [1.165, 1.54) is 25.3 Å². The van der Waals surface area contributed by atoms with E-state index < -0.39 is 15.8 Å². The van der Waals surface area contributed by atoms with Crippen molar-refractivity contribution in [2.45, 2.75) is 24.7 Å². The van der Waals surface area contributed by atoms with Gasteiger partial charge in [0.2, 0.25) is 16.0 Å². The fourth-order valence-corrected chi connectivity index (χ4v) is 4.11. The van der Waals surface area contributed by atoms with Crippen molar-refractivity contribution in [3.05, 3.63) is 54.0 Å². The highest BCUT2D eigenvalue weighted by Crippen LogP contribution is 2.34. The maximum atomic E-state index is 14.1. The van der Waals surface area contributed by atoms with E-state index in [0.29, 0.717) is 34.6 Å². The van der Waals surface area contributed by atoms with Crippen molar-refractivity contribution >= 4 is 27.3 Å². The van der Waals surface area contributed by atoms with Gasteiger partial charge in [0.1, 0.15) is 0 Å². The van der Waals surface area contributed by atoms with Crippen LogP contribution in [0.25, 0.3) is 11.3 Å². The smallest absolute Gasteiger partial charge is 0.238 e. The molecule has 164 valence electrons. The Hall–Kier alpha value is -3.24. The Balaban J connectivity index is 2.00. The molecule has 8 nitrogen and oxygen atoms in total. The van der Waals surface area contributed by atoms with Crippen molar-refractivity contribution in [2.75, 3.05) is 24.8 Å². The van der Waals surface area contributed by atoms with Crippen LogP contribution in [0.3, 0.4) is 0 Å². The van der Waals surface area contributed by atoms with Crippen LogP contribution in [0.4, 0.5) is 21.7 Å². The van der Waals surface area contributed by atoms with Crippen LogP contribution in [0.5, 0.6) is 5.75 Å². The van der Waals surface area contributed by atoms with Gasteiger partial charge < -0.3 is 15.4 Å². The van der Waals surface area contributed by atoms with E-state index >= 15 is 0 Å².